The van der Waals surface area contributed by atoms with Gasteiger partial charge < -0.3 is 9.47 Å². The van der Waals surface area contributed by atoms with Crippen LogP contribution in [0.15, 0.2) is 0 Å². The van der Waals surface area contributed by atoms with E-state index in [1.807, 2.05) is 5.01 Å². The highest BCUT2D eigenvalue weighted by Gasteiger charge is 2.30. The number of nitrogens with two attached hydrogens (primary N) is 1. The van der Waals surface area contributed by atoms with E-state index in [0.29, 0.717) is 12.1 Å². The lowest BCUT2D eigenvalue weighted by molar-refractivity contribution is 0.0631. The molecule has 1 aliphatic rings. The van der Waals surface area contributed by atoms with Crippen LogP contribution in [0, 0.1) is 0 Å². The summed E-state index contributed by atoms with van der Waals surface area (Å²) >= 11 is 0. The fourth-order valence-corrected chi connectivity index (χ4v) is 1.70. The molecule has 0 amide bonds. The second-order valence-corrected chi connectivity index (χ2v) is 3.24. The molecule has 0 aliphatic carbocycles. The molecule has 1 saturated heterocycles. The molecule has 4 nitrogen and oxygen atoms in total. The van der Waals surface area contributed by atoms with E-state index in [9.17, 15) is 0 Å². The average Bonchev–Trinajstić information content (AvgIpc) is 2.38. The summed E-state index contributed by atoms with van der Waals surface area (Å²) < 4.78 is 10.1. The van der Waals surface area contributed by atoms with Crippen molar-refractivity contribution in [3.63, 3.8) is 0 Å². The lowest BCUT2D eigenvalue weighted by atomic mass is 10.2. The minimum atomic E-state index is 0.371. The van der Waals surface area contributed by atoms with Gasteiger partial charge in [-0.1, -0.05) is 0 Å². The van der Waals surface area contributed by atoms with Crippen LogP contribution >= 0.6 is 0 Å². The Morgan fingerprint density at radius 2 is 1.58 bits per heavy atom. The minimum Gasteiger partial charge on any atom is -0.383 e. The van der Waals surface area contributed by atoms with Gasteiger partial charge in [0.2, 0.25) is 0 Å². The number of hydrogen-bond acceptors (Lipinski definition) is 4. The summed E-state index contributed by atoms with van der Waals surface area (Å²) in [6.07, 6.45) is 2.22. The van der Waals surface area contributed by atoms with Gasteiger partial charge in [0.25, 0.3) is 0 Å². The highest BCUT2D eigenvalue weighted by Crippen LogP contribution is 2.20. The Kier molecular flexibility index (Phi) is 3.94. The van der Waals surface area contributed by atoms with Crippen LogP contribution < -0.4 is 5.84 Å². The minimum absolute atomic E-state index is 0.371. The van der Waals surface area contributed by atoms with Crippen molar-refractivity contribution in [2.75, 3.05) is 27.4 Å². The molecule has 0 aromatic carbocycles. The van der Waals surface area contributed by atoms with Crippen LogP contribution in [-0.4, -0.2) is 44.5 Å². The van der Waals surface area contributed by atoms with E-state index in [2.05, 4.69) is 0 Å². The molecule has 0 spiro atoms. The van der Waals surface area contributed by atoms with Crippen LogP contribution in [0.4, 0.5) is 0 Å². The fourth-order valence-electron chi connectivity index (χ4n) is 1.70. The van der Waals surface area contributed by atoms with Crippen LogP contribution in [0.1, 0.15) is 12.8 Å². The number of methoxy groups -OCH3 is 2. The second kappa shape index (κ2) is 4.77. The number of rotatable bonds is 4. The Labute approximate surface area is 73.6 Å². The summed E-state index contributed by atoms with van der Waals surface area (Å²) in [6.45, 7) is 1.44. The third-order valence-electron chi connectivity index (χ3n) is 2.39. The van der Waals surface area contributed by atoms with Crippen LogP contribution in [0.2, 0.25) is 0 Å². The molecule has 1 rings (SSSR count). The van der Waals surface area contributed by atoms with E-state index < -0.39 is 0 Å². The van der Waals surface area contributed by atoms with E-state index in [0.717, 1.165) is 26.1 Å². The number of hydrazine groups is 1. The van der Waals surface area contributed by atoms with Crippen LogP contribution in [0.3, 0.4) is 0 Å². The number of nitrogens with zero attached hydrogens (tertiary/aromatic N) is 1. The zero-order valence-electron chi connectivity index (χ0n) is 7.82. The highest BCUT2D eigenvalue weighted by atomic mass is 16.5. The SMILES string of the molecule is COC[C@@H]1CC[C@@H](COC)N1N. The predicted molar refractivity (Wildman–Crippen MR) is 46.6 cm³/mol. The first-order valence-corrected chi connectivity index (χ1v) is 4.30. The van der Waals surface area contributed by atoms with Gasteiger partial charge in [-0.2, -0.15) is 0 Å². The van der Waals surface area contributed by atoms with Gasteiger partial charge >= 0.3 is 0 Å². The zero-order chi connectivity index (χ0) is 8.97. The summed E-state index contributed by atoms with van der Waals surface area (Å²) in [5, 5.41) is 1.87. The molecular weight excluding hydrogens is 156 g/mol. The van der Waals surface area contributed by atoms with Gasteiger partial charge in [-0.15, -0.1) is 0 Å². The molecule has 1 fully saturated rings. The van der Waals surface area contributed by atoms with E-state index in [-0.39, 0.29) is 0 Å². The Hall–Kier alpha value is -0.160. The molecular formula is C8H18N2O2. The molecule has 2 atom stereocenters. The number of ether oxygens (including phenoxy) is 2. The van der Waals surface area contributed by atoms with Gasteiger partial charge in [-0.05, 0) is 12.8 Å². The molecule has 72 valence electrons. The Bertz CT molecular complexity index is 118. The molecule has 0 bridgehead atoms. The largest absolute Gasteiger partial charge is 0.383 e. The Morgan fingerprint density at radius 1 is 1.17 bits per heavy atom. The summed E-state index contributed by atoms with van der Waals surface area (Å²) in [7, 11) is 3.41. The molecule has 0 radical (unpaired) electrons. The maximum atomic E-state index is 5.87. The standard InChI is InChI=1S/C8H18N2O2/c1-11-5-7-3-4-8(6-12-2)10(7)9/h7-8H,3-6,9H2,1-2H3/t7-,8-/m0/s1. The summed E-state index contributed by atoms with van der Waals surface area (Å²) in [6, 6.07) is 0.741. The van der Waals surface area contributed by atoms with Crippen LogP contribution in [0.25, 0.3) is 0 Å². The van der Waals surface area contributed by atoms with Crippen molar-refractivity contribution in [2.24, 2.45) is 5.84 Å². The van der Waals surface area contributed by atoms with Gasteiger partial charge in [0.15, 0.2) is 0 Å². The van der Waals surface area contributed by atoms with Crippen molar-refractivity contribution in [3.05, 3.63) is 0 Å². The first kappa shape index (κ1) is 9.92. The van der Waals surface area contributed by atoms with Crippen molar-refractivity contribution >= 4 is 0 Å². The predicted octanol–water partition coefficient (Wildman–Crippen LogP) is -0.0141. The van der Waals surface area contributed by atoms with Crippen molar-refractivity contribution in [1.82, 2.24) is 5.01 Å². The van der Waals surface area contributed by atoms with E-state index in [1.54, 1.807) is 14.2 Å². The topological polar surface area (TPSA) is 47.7 Å². The first-order valence-electron chi connectivity index (χ1n) is 4.30. The molecule has 0 aromatic rings. The monoisotopic (exact) mass is 174 g/mol. The fraction of sp³-hybridized carbons (Fsp3) is 1.00. The molecule has 4 heteroatoms. The van der Waals surface area contributed by atoms with Gasteiger partial charge in [-0.3, -0.25) is 5.84 Å². The van der Waals surface area contributed by atoms with E-state index in [4.69, 9.17) is 15.3 Å². The van der Waals surface area contributed by atoms with Gasteiger partial charge in [0.1, 0.15) is 0 Å². The first-order chi connectivity index (χ1) is 5.79. The lowest BCUT2D eigenvalue weighted by Gasteiger charge is -2.23. The molecule has 0 saturated carbocycles. The van der Waals surface area contributed by atoms with Crippen molar-refractivity contribution in [3.8, 4) is 0 Å². The molecule has 2 N–H and O–H groups in total. The maximum Gasteiger partial charge on any atom is 0.0632 e. The summed E-state index contributed by atoms with van der Waals surface area (Å²) in [5.74, 6) is 5.87. The molecule has 1 heterocycles. The Morgan fingerprint density at radius 3 is 1.92 bits per heavy atom. The summed E-state index contributed by atoms with van der Waals surface area (Å²) in [4.78, 5) is 0. The third kappa shape index (κ3) is 2.17. The quantitative estimate of drug-likeness (QED) is 0.609. The van der Waals surface area contributed by atoms with E-state index >= 15 is 0 Å². The molecule has 0 aromatic heterocycles. The lowest BCUT2D eigenvalue weighted by Crippen LogP contribution is -2.45. The molecule has 0 unspecified atom stereocenters. The van der Waals surface area contributed by atoms with E-state index in [1.165, 1.54) is 0 Å². The normalized spacial score (nSPS) is 31.2. The zero-order valence-corrected chi connectivity index (χ0v) is 7.82. The maximum absolute atomic E-state index is 5.87. The van der Waals surface area contributed by atoms with Crippen LogP contribution in [-0.2, 0) is 9.47 Å². The smallest absolute Gasteiger partial charge is 0.0632 e. The van der Waals surface area contributed by atoms with Gasteiger partial charge in [0.05, 0.1) is 13.2 Å². The number of hydrogen-bond donors (Lipinski definition) is 1. The average molecular weight is 174 g/mol. The van der Waals surface area contributed by atoms with Crippen molar-refractivity contribution < 1.29 is 9.47 Å². The van der Waals surface area contributed by atoms with Crippen molar-refractivity contribution in [1.29, 1.82) is 0 Å². The molecule has 1 aliphatic heterocycles. The van der Waals surface area contributed by atoms with Gasteiger partial charge in [0, 0.05) is 26.3 Å². The van der Waals surface area contributed by atoms with Crippen molar-refractivity contribution in [2.45, 2.75) is 24.9 Å². The highest BCUT2D eigenvalue weighted by molar-refractivity contribution is 4.83. The van der Waals surface area contributed by atoms with Crippen LogP contribution in [0.5, 0.6) is 0 Å². The van der Waals surface area contributed by atoms with Gasteiger partial charge in [-0.25, -0.2) is 5.01 Å². The molecule has 12 heavy (non-hydrogen) atoms. The summed E-state index contributed by atoms with van der Waals surface area (Å²) in [5.41, 5.74) is 0. The second-order valence-electron chi connectivity index (χ2n) is 3.24. The Balaban J connectivity index is 2.32. The third-order valence-corrected chi connectivity index (χ3v) is 2.39.